The first-order chi connectivity index (χ1) is 5.44. The maximum absolute atomic E-state index is 6.01. The van der Waals surface area contributed by atoms with Crippen LogP contribution in [0.4, 0.5) is 0 Å². The Bertz CT molecular complexity index is 173. The van der Waals surface area contributed by atoms with Crippen molar-refractivity contribution in [3.63, 3.8) is 0 Å². The summed E-state index contributed by atoms with van der Waals surface area (Å²) in [5, 5.41) is 0. The van der Waals surface area contributed by atoms with Gasteiger partial charge in [0.05, 0.1) is 5.66 Å². The zero-order valence-corrected chi connectivity index (χ0v) is 10.2. The molecule has 2 heteroatoms. The quantitative estimate of drug-likeness (QED) is 0.665. The first-order valence-corrected chi connectivity index (χ1v) is 5.02. The second-order valence-electron chi connectivity index (χ2n) is 5.78. The van der Waals surface area contributed by atoms with Gasteiger partial charge in [-0.1, -0.05) is 41.5 Å². The summed E-state index contributed by atoms with van der Waals surface area (Å²) in [4.78, 5) is 0. The summed E-state index contributed by atoms with van der Waals surface area (Å²) in [6, 6.07) is 0. The molecule has 0 heterocycles. The molecule has 0 bridgehead atoms. The van der Waals surface area contributed by atoms with Crippen LogP contribution in [0.5, 0.6) is 0 Å². The molecule has 0 aliphatic heterocycles. The zero-order valence-electron chi connectivity index (χ0n) is 10.2. The summed E-state index contributed by atoms with van der Waals surface area (Å²) < 4.78 is 0. The minimum Gasteiger partial charge on any atom is -0.313 e. The van der Waals surface area contributed by atoms with E-state index >= 15 is 0 Å². The Hall–Kier alpha value is -0.0800. The lowest BCUT2D eigenvalue weighted by Gasteiger charge is -2.52. The highest BCUT2D eigenvalue weighted by atomic mass is 15.0. The van der Waals surface area contributed by atoms with E-state index in [2.05, 4.69) is 41.5 Å². The van der Waals surface area contributed by atoms with E-state index in [4.69, 9.17) is 11.5 Å². The molecule has 0 saturated heterocycles. The van der Waals surface area contributed by atoms with Crippen molar-refractivity contribution in [2.45, 2.75) is 54.1 Å². The van der Waals surface area contributed by atoms with Crippen molar-refractivity contribution in [2.24, 2.45) is 28.2 Å². The summed E-state index contributed by atoms with van der Waals surface area (Å²) in [5.74, 6) is 0.564. The molecular formula is C11H26N2. The van der Waals surface area contributed by atoms with Crippen LogP contribution in [-0.4, -0.2) is 5.66 Å². The van der Waals surface area contributed by atoms with Gasteiger partial charge in [-0.15, -0.1) is 0 Å². The summed E-state index contributed by atoms with van der Waals surface area (Å²) >= 11 is 0. The number of rotatable bonds is 3. The molecule has 0 saturated carbocycles. The Labute approximate surface area is 83.1 Å². The van der Waals surface area contributed by atoms with Gasteiger partial charge in [0.2, 0.25) is 0 Å². The highest BCUT2D eigenvalue weighted by Crippen LogP contribution is 2.48. The number of nitrogens with two attached hydrogens (primary N) is 2. The van der Waals surface area contributed by atoms with Crippen LogP contribution in [0.2, 0.25) is 0 Å². The fourth-order valence-electron chi connectivity index (χ4n) is 1.42. The maximum atomic E-state index is 6.01. The molecule has 0 radical (unpaired) electrons. The lowest BCUT2D eigenvalue weighted by atomic mass is 9.57. The van der Waals surface area contributed by atoms with Gasteiger partial charge in [0.15, 0.2) is 0 Å². The monoisotopic (exact) mass is 186 g/mol. The van der Waals surface area contributed by atoms with Crippen molar-refractivity contribution in [3.05, 3.63) is 0 Å². The Morgan fingerprint density at radius 2 is 1.15 bits per heavy atom. The van der Waals surface area contributed by atoms with Crippen molar-refractivity contribution in [2.75, 3.05) is 0 Å². The van der Waals surface area contributed by atoms with Crippen LogP contribution < -0.4 is 11.5 Å². The molecule has 0 rings (SSSR count). The summed E-state index contributed by atoms with van der Waals surface area (Å²) in [7, 11) is 0. The number of hydrogen-bond donors (Lipinski definition) is 2. The third kappa shape index (κ3) is 2.05. The van der Waals surface area contributed by atoms with E-state index in [1.54, 1.807) is 0 Å². The van der Waals surface area contributed by atoms with Gasteiger partial charge in [-0.2, -0.15) is 0 Å². The van der Waals surface area contributed by atoms with Crippen LogP contribution in [0.15, 0.2) is 0 Å². The summed E-state index contributed by atoms with van der Waals surface area (Å²) in [5.41, 5.74) is 11.4. The molecule has 4 N–H and O–H groups in total. The fraction of sp³-hybridized carbons (Fsp3) is 1.00. The second-order valence-corrected chi connectivity index (χ2v) is 5.78. The Kier molecular flexibility index (Phi) is 3.23. The molecule has 0 amide bonds. The van der Waals surface area contributed by atoms with Gasteiger partial charge in [-0.05, 0) is 18.3 Å². The Morgan fingerprint density at radius 3 is 1.23 bits per heavy atom. The molecule has 0 aliphatic carbocycles. The van der Waals surface area contributed by atoms with Crippen molar-refractivity contribution in [3.8, 4) is 0 Å². The minimum absolute atomic E-state index is 0.0891. The average molecular weight is 186 g/mol. The predicted octanol–water partition coefficient (Wildman–Crippen LogP) is 2.33. The van der Waals surface area contributed by atoms with Crippen molar-refractivity contribution >= 4 is 0 Å². The number of hydrogen-bond acceptors (Lipinski definition) is 2. The van der Waals surface area contributed by atoms with E-state index in [1.165, 1.54) is 0 Å². The molecule has 0 fully saturated rings. The van der Waals surface area contributed by atoms with Crippen LogP contribution in [0.25, 0.3) is 0 Å². The standard InChI is InChI=1S/C11H26N2/c1-8(2)9(3,4)10(5,6)11(7,12)13/h8H,12-13H2,1-7H3. The molecule has 0 aromatic carbocycles. The van der Waals surface area contributed by atoms with Crippen LogP contribution in [0.1, 0.15) is 48.5 Å². The third-order valence-corrected chi connectivity index (χ3v) is 4.40. The molecule has 13 heavy (non-hydrogen) atoms. The van der Waals surface area contributed by atoms with E-state index in [0.29, 0.717) is 5.92 Å². The normalized spacial score (nSPS) is 15.2. The highest BCUT2D eigenvalue weighted by molar-refractivity contribution is 4.99. The lowest BCUT2D eigenvalue weighted by Crippen LogP contribution is -2.63. The van der Waals surface area contributed by atoms with Gasteiger partial charge < -0.3 is 11.5 Å². The lowest BCUT2D eigenvalue weighted by molar-refractivity contribution is -0.00795. The maximum Gasteiger partial charge on any atom is 0.0665 e. The molecule has 0 aliphatic rings. The molecule has 0 aromatic rings. The van der Waals surface area contributed by atoms with Gasteiger partial charge in [-0.25, -0.2) is 0 Å². The van der Waals surface area contributed by atoms with Crippen LogP contribution >= 0.6 is 0 Å². The van der Waals surface area contributed by atoms with E-state index < -0.39 is 5.66 Å². The van der Waals surface area contributed by atoms with Gasteiger partial charge in [0.1, 0.15) is 0 Å². The molecule has 80 valence electrons. The van der Waals surface area contributed by atoms with E-state index in [1.807, 2.05) is 6.92 Å². The van der Waals surface area contributed by atoms with Gasteiger partial charge in [0, 0.05) is 5.41 Å². The molecule has 2 nitrogen and oxygen atoms in total. The molecule has 0 spiro atoms. The summed E-state index contributed by atoms with van der Waals surface area (Å²) in [6.45, 7) is 15.1. The van der Waals surface area contributed by atoms with Crippen LogP contribution in [0.3, 0.4) is 0 Å². The summed E-state index contributed by atoms with van der Waals surface area (Å²) in [6.07, 6.45) is 0. The van der Waals surface area contributed by atoms with Crippen LogP contribution in [0, 0.1) is 16.7 Å². The first-order valence-electron chi connectivity index (χ1n) is 5.02. The van der Waals surface area contributed by atoms with E-state index in [-0.39, 0.29) is 10.8 Å². The smallest absolute Gasteiger partial charge is 0.0665 e. The topological polar surface area (TPSA) is 52.0 Å². The fourth-order valence-corrected chi connectivity index (χ4v) is 1.42. The van der Waals surface area contributed by atoms with E-state index in [0.717, 1.165) is 0 Å². The first kappa shape index (κ1) is 12.9. The average Bonchev–Trinajstić information content (AvgIpc) is 1.84. The molecular weight excluding hydrogens is 160 g/mol. The Morgan fingerprint density at radius 1 is 0.846 bits per heavy atom. The SMILES string of the molecule is CC(C)C(C)(C)C(C)(C)C(C)(N)N. The third-order valence-electron chi connectivity index (χ3n) is 4.40. The molecule has 0 unspecified atom stereocenters. The Balaban J connectivity index is 5.04. The zero-order chi connectivity index (χ0) is 11.1. The van der Waals surface area contributed by atoms with Gasteiger partial charge >= 0.3 is 0 Å². The van der Waals surface area contributed by atoms with Crippen LogP contribution in [-0.2, 0) is 0 Å². The van der Waals surface area contributed by atoms with Crippen molar-refractivity contribution in [1.82, 2.24) is 0 Å². The van der Waals surface area contributed by atoms with Gasteiger partial charge in [0.25, 0.3) is 0 Å². The van der Waals surface area contributed by atoms with Crippen molar-refractivity contribution in [1.29, 1.82) is 0 Å². The second kappa shape index (κ2) is 3.25. The van der Waals surface area contributed by atoms with Gasteiger partial charge in [-0.3, -0.25) is 0 Å². The highest BCUT2D eigenvalue weighted by Gasteiger charge is 2.47. The molecule has 0 aromatic heterocycles. The predicted molar refractivity (Wildman–Crippen MR) is 59.2 cm³/mol. The largest absolute Gasteiger partial charge is 0.313 e. The minimum atomic E-state index is -0.638. The van der Waals surface area contributed by atoms with Crippen molar-refractivity contribution < 1.29 is 0 Å². The van der Waals surface area contributed by atoms with E-state index in [9.17, 15) is 0 Å². The molecule has 0 atom stereocenters.